The fraction of sp³-hybridized carbons (Fsp3) is 0.348. The first-order chi connectivity index (χ1) is 14.2. The molecule has 6 nitrogen and oxygen atoms in total. The first kappa shape index (κ1) is 24.0. The zero-order chi connectivity index (χ0) is 20.5. The summed E-state index contributed by atoms with van der Waals surface area (Å²) in [4.78, 5) is 9.76. The summed E-state index contributed by atoms with van der Waals surface area (Å²) < 4.78 is 5.81. The van der Waals surface area contributed by atoms with Gasteiger partial charge < -0.3 is 25.3 Å². The number of hydrogen-bond donors (Lipinski definition) is 3. The van der Waals surface area contributed by atoms with Crippen LogP contribution in [-0.2, 0) is 13.0 Å². The van der Waals surface area contributed by atoms with Gasteiger partial charge in [-0.1, -0.05) is 30.3 Å². The Morgan fingerprint density at radius 2 is 1.93 bits per heavy atom. The molecule has 30 heavy (non-hydrogen) atoms. The van der Waals surface area contributed by atoms with Gasteiger partial charge in [-0.2, -0.15) is 0 Å². The highest BCUT2D eigenvalue weighted by molar-refractivity contribution is 14.0. The topological polar surface area (TPSA) is 64.7 Å². The molecule has 0 spiro atoms. The summed E-state index contributed by atoms with van der Waals surface area (Å²) in [7, 11) is 5.88. The highest BCUT2D eigenvalue weighted by atomic mass is 127. The Kier molecular flexibility index (Phi) is 9.96. The van der Waals surface area contributed by atoms with E-state index >= 15 is 0 Å². The van der Waals surface area contributed by atoms with Gasteiger partial charge in [0.05, 0.1) is 0 Å². The molecule has 3 N–H and O–H groups in total. The van der Waals surface area contributed by atoms with Crippen LogP contribution in [0.1, 0.15) is 11.1 Å². The number of likely N-dealkylation sites (N-methyl/N-ethyl adjacent to an activating group) is 1. The van der Waals surface area contributed by atoms with Crippen molar-refractivity contribution in [2.75, 3.05) is 40.8 Å². The minimum absolute atomic E-state index is 0. The Labute approximate surface area is 196 Å². The van der Waals surface area contributed by atoms with Crippen LogP contribution in [0.15, 0.2) is 59.7 Å². The lowest BCUT2D eigenvalue weighted by molar-refractivity contribution is 0.261. The largest absolute Gasteiger partial charge is 0.492 e. The van der Waals surface area contributed by atoms with Crippen molar-refractivity contribution >= 4 is 40.8 Å². The number of para-hydroxylation sites is 1. The number of aliphatic imine (C=N–C) groups is 1. The summed E-state index contributed by atoms with van der Waals surface area (Å²) in [5.41, 5.74) is 3.65. The van der Waals surface area contributed by atoms with E-state index in [1.165, 1.54) is 16.5 Å². The molecule has 3 rings (SSSR count). The first-order valence-electron chi connectivity index (χ1n) is 10.0. The van der Waals surface area contributed by atoms with Gasteiger partial charge in [0.25, 0.3) is 0 Å². The van der Waals surface area contributed by atoms with Gasteiger partial charge in [-0.25, -0.2) is 0 Å². The summed E-state index contributed by atoms with van der Waals surface area (Å²) in [5, 5.41) is 8.04. The number of halogens is 1. The normalized spacial score (nSPS) is 11.4. The summed E-state index contributed by atoms with van der Waals surface area (Å²) >= 11 is 0. The van der Waals surface area contributed by atoms with E-state index in [9.17, 15) is 0 Å². The maximum atomic E-state index is 5.81. The van der Waals surface area contributed by atoms with Crippen LogP contribution in [0, 0.1) is 0 Å². The average molecular weight is 521 g/mol. The van der Waals surface area contributed by atoms with Gasteiger partial charge >= 0.3 is 0 Å². The van der Waals surface area contributed by atoms with Gasteiger partial charge in [-0.05, 0) is 49.8 Å². The fourth-order valence-electron chi connectivity index (χ4n) is 3.15. The van der Waals surface area contributed by atoms with Gasteiger partial charge in [-0.3, -0.25) is 4.99 Å². The van der Waals surface area contributed by atoms with Crippen molar-refractivity contribution in [1.29, 1.82) is 0 Å². The molecule has 1 heterocycles. The number of aromatic amines is 1. The standard InChI is InChI=1S/C23H31N5O.HI/c1-24-23(25-12-11-19-17-26-22-10-5-4-9-21(19)22)27-16-18-7-6-8-20(15-18)29-14-13-28(2)3;/h4-10,15,17,26H,11-14,16H2,1-3H3,(H2,24,25,27);1H. The second kappa shape index (κ2) is 12.4. The minimum atomic E-state index is 0. The van der Waals surface area contributed by atoms with Crippen molar-refractivity contribution in [3.8, 4) is 5.75 Å². The van der Waals surface area contributed by atoms with E-state index in [0.717, 1.165) is 36.8 Å². The molecule has 3 aromatic rings. The number of nitrogens with zero attached hydrogens (tertiary/aromatic N) is 2. The van der Waals surface area contributed by atoms with Crippen LogP contribution in [-0.4, -0.2) is 56.7 Å². The predicted molar refractivity (Wildman–Crippen MR) is 136 cm³/mol. The van der Waals surface area contributed by atoms with Crippen LogP contribution in [0.4, 0.5) is 0 Å². The van der Waals surface area contributed by atoms with E-state index in [0.29, 0.717) is 13.2 Å². The third kappa shape index (κ3) is 7.21. The van der Waals surface area contributed by atoms with Crippen molar-refractivity contribution in [1.82, 2.24) is 20.5 Å². The SMILES string of the molecule is CN=C(NCCc1c[nH]c2ccccc12)NCc1cccc(OCCN(C)C)c1.I. The van der Waals surface area contributed by atoms with E-state index in [-0.39, 0.29) is 24.0 Å². The molecule has 0 aliphatic carbocycles. The Balaban J connectivity index is 0.00000320. The van der Waals surface area contributed by atoms with E-state index in [2.05, 4.69) is 68.1 Å². The van der Waals surface area contributed by atoms with Crippen molar-refractivity contribution in [3.05, 3.63) is 65.9 Å². The fourth-order valence-corrected chi connectivity index (χ4v) is 3.15. The van der Waals surface area contributed by atoms with Gasteiger partial charge in [0.2, 0.25) is 0 Å². The molecule has 0 saturated carbocycles. The van der Waals surface area contributed by atoms with Crippen molar-refractivity contribution < 1.29 is 4.74 Å². The monoisotopic (exact) mass is 521 g/mol. The zero-order valence-corrected chi connectivity index (χ0v) is 20.3. The maximum absolute atomic E-state index is 5.81. The van der Waals surface area contributed by atoms with Gasteiger partial charge in [0.15, 0.2) is 5.96 Å². The molecule has 0 bridgehead atoms. The smallest absolute Gasteiger partial charge is 0.191 e. The van der Waals surface area contributed by atoms with E-state index in [4.69, 9.17) is 4.74 Å². The molecule has 0 aliphatic rings. The molecule has 2 aromatic carbocycles. The third-order valence-electron chi connectivity index (χ3n) is 4.75. The lowest BCUT2D eigenvalue weighted by Gasteiger charge is -2.13. The van der Waals surface area contributed by atoms with Crippen LogP contribution in [0.25, 0.3) is 10.9 Å². The minimum Gasteiger partial charge on any atom is -0.492 e. The first-order valence-corrected chi connectivity index (χ1v) is 10.0. The van der Waals surface area contributed by atoms with Crippen molar-refractivity contribution in [3.63, 3.8) is 0 Å². The van der Waals surface area contributed by atoms with Gasteiger partial charge in [0.1, 0.15) is 12.4 Å². The molecule has 0 atom stereocenters. The van der Waals surface area contributed by atoms with Crippen LogP contribution in [0.2, 0.25) is 0 Å². The summed E-state index contributed by atoms with van der Waals surface area (Å²) in [6.45, 7) is 3.09. The molecule has 0 amide bonds. The number of benzene rings is 2. The van der Waals surface area contributed by atoms with E-state index in [1.807, 2.05) is 26.2 Å². The average Bonchev–Trinajstić information content (AvgIpc) is 3.14. The Morgan fingerprint density at radius 1 is 1.10 bits per heavy atom. The lowest BCUT2D eigenvalue weighted by atomic mass is 10.1. The molecule has 1 aromatic heterocycles. The third-order valence-corrected chi connectivity index (χ3v) is 4.75. The zero-order valence-electron chi connectivity index (χ0n) is 17.9. The quantitative estimate of drug-likeness (QED) is 0.229. The number of rotatable bonds is 9. The van der Waals surface area contributed by atoms with E-state index < -0.39 is 0 Å². The highest BCUT2D eigenvalue weighted by Crippen LogP contribution is 2.17. The number of hydrogen-bond acceptors (Lipinski definition) is 3. The molecule has 0 unspecified atom stereocenters. The number of fused-ring (bicyclic) bond motifs is 1. The Morgan fingerprint density at radius 3 is 2.73 bits per heavy atom. The Hall–Kier alpha value is -2.26. The van der Waals surface area contributed by atoms with Crippen LogP contribution >= 0.6 is 24.0 Å². The van der Waals surface area contributed by atoms with Crippen molar-refractivity contribution in [2.24, 2.45) is 4.99 Å². The van der Waals surface area contributed by atoms with Crippen LogP contribution < -0.4 is 15.4 Å². The number of nitrogens with one attached hydrogen (secondary N) is 3. The molecule has 0 radical (unpaired) electrons. The summed E-state index contributed by atoms with van der Waals surface area (Å²) in [6.07, 6.45) is 3.02. The second-order valence-electron chi connectivity index (χ2n) is 7.26. The Bertz CT molecular complexity index is 938. The van der Waals surface area contributed by atoms with Gasteiger partial charge in [-0.15, -0.1) is 24.0 Å². The number of H-pyrrole nitrogens is 1. The molecular formula is C23H32IN5O. The molecule has 162 valence electrons. The molecule has 7 heteroatoms. The number of guanidine groups is 1. The predicted octanol–water partition coefficient (Wildman–Crippen LogP) is 3.63. The molecular weight excluding hydrogens is 489 g/mol. The summed E-state index contributed by atoms with van der Waals surface area (Å²) in [6, 6.07) is 16.6. The number of aromatic nitrogens is 1. The molecule has 0 saturated heterocycles. The van der Waals surface area contributed by atoms with Gasteiger partial charge in [0, 0.05) is 43.8 Å². The van der Waals surface area contributed by atoms with Crippen molar-refractivity contribution in [2.45, 2.75) is 13.0 Å². The van der Waals surface area contributed by atoms with Crippen LogP contribution in [0.5, 0.6) is 5.75 Å². The maximum Gasteiger partial charge on any atom is 0.191 e. The summed E-state index contributed by atoms with van der Waals surface area (Å²) in [5.74, 6) is 1.69. The second-order valence-corrected chi connectivity index (χ2v) is 7.26. The van der Waals surface area contributed by atoms with E-state index in [1.54, 1.807) is 7.05 Å². The lowest BCUT2D eigenvalue weighted by Crippen LogP contribution is -2.37. The van der Waals surface area contributed by atoms with Crippen LogP contribution in [0.3, 0.4) is 0 Å². The molecule has 0 fully saturated rings. The highest BCUT2D eigenvalue weighted by Gasteiger charge is 2.04. The molecule has 0 aliphatic heterocycles. The number of ether oxygens (including phenoxy) is 1.